The van der Waals surface area contributed by atoms with E-state index in [-0.39, 0.29) is 35.5 Å². The number of carbonyl (C=O) groups is 5. The highest BCUT2D eigenvalue weighted by molar-refractivity contribution is 5.99. The Morgan fingerprint density at radius 3 is 1.49 bits per heavy atom. The first-order chi connectivity index (χ1) is 26.2. The van der Waals surface area contributed by atoms with Crippen molar-refractivity contribution in [1.29, 1.82) is 0 Å². The molecule has 0 aliphatic heterocycles. The third-order valence-corrected chi connectivity index (χ3v) is 9.59. The minimum absolute atomic E-state index is 0.176. The number of hydrogen-bond donors (Lipinski definition) is 5. The topological polar surface area (TPSA) is 158 Å². The molecule has 4 atom stereocenters. The Morgan fingerprint density at radius 2 is 1.05 bits per heavy atom. The zero-order valence-corrected chi connectivity index (χ0v) is 34.8. The lowest BCUT2D eigenvalue weighted by molar-refractivity contribution is -0.131. The summed E-state index contributed by atoms with van der Waals surface area (Å²) in [6.45, 7) is 22.1. The van der Waals surface area contributed by atoms with E-state index in [2.05, 4.69) is 45.3 Å². The molecule has 0 spiro atoms. The maximum absolute atomic E-state index is 13.5. The predicted molar refractivity (Wildman–Crippen MR) is 219 cm³/mol. The van der Waals surface area contributed by atoms with E-state index in [9.17, 15) is 24.0 Å². The van der Waals surface area contributed by atoms with Crippen LogP contribution in [0, 0.1) is 17.8 Å². The summed E-state index contributed by atoms with van der Waals surface area (Å²) in [6, 6.07) is 11.0. The van der Waals surface area contributed by atoms with Crippen LogP contribution in [0.1, 0.15) is 122 Å². The van der Waals surface area contributed by atoms with E-state index in [1.165, 1.54) is 0 Å². The van der Waals surface area contributed by atoms with E-state index in [4.69, 9.17) is 4.74 Å². The van der Waals surface area contributed by atoms with E-state index in [1.807, 2.05) is 48.5 Å². The van der Waals surface area contributed by atoms with Crippen LogP contribution in [-0.4, -0.2) is 85.3 Å². The Labute approximate surface area is 329 Å². The van der Waals surface area contributed by atoms with Gasteiger partial charge in [0.1, 0.15) is 29.6 Å². The van der Waals surface area contributed by atoms with Crippen molar-refractivity contribution in [2.24, 2.45) is 17.8 Å². The van der Waals surface area contributed by atoms with Gasteiger partial charge in [-0.2, -0.15) is 0 Å². The Hall–Kier alpha value is -4.45. The van der Waals surface area contributed by atoms with Crippen molar-refractivity contribution in [1.82, 2.24) is 31.5 Å². The first-order valence-electron chi connectivity index (χ1n) is 20.3. The average Bonchev–Trinajstić information content (AvgIpc) is 3.16. The second kappa shape index (κ2) is 24.9. The molecule has 5 amide bonds. The molecule has 12 nitrogen and oxygen atoms in total. The molecule has 2 rings (SSSR count). The summed E-state index contributed by atoms with van der Waals surface area (Å²) in [4.78, 5) is 68.2. The molecule has 12 heteroatoms. The van der Waals surface area contributed by atoms with Gasteiger partial charge in [0.25, 0.3) is 11.8 Å². The van der Waals surface area contributed by atoms with Gasteiger partial charge in [-0.3, -0.25) is 24.0 Å². The number of amides is 5. The van der Waals surface area contributed by atoms with Gasteiger partial charge in [-0.05, 0) is 112 Å². The third-order valence-electron chi connectivity index (χ3n) is 9.59. The largest absolute Gasteiger partial charge is 0.457 e. The van der Waals surface area contributed by atoms with E-state index < -0.39 is 29.9 Å². The molecule has 55 heavy (non-hydrogen) atoms. The average molecular weight is 765 g/mol. The third kappa shape index (κ3) is 16.8. The first kappa shape index (κ1) is 46.7. The Balaban J connectivity index is 2.03. The fraction of sp³-hybridized carbons (Fsp3) is 0.605. The molecule has 0 unspecified atom stereocenters. The van der Waals surface area contributed by atoms with Crippen LogP contribution in [-0.2, 0) is 14.4 Å². The smallest absolute Gasteiger partial charge is 0.251 e. The van der Waals surface area contributed by atoms with Crippen LogP contribution in [0.3, 0.4) is 0 Å². The van der Waals surface area contributed by atoms with Crippen LogP contribution in [0.5, 0.6) is 11.5 Å². The number of rotatable bonds is 25. The van der Waals surface area contributed by atoms with Gasteiger partial charge in [-0.15, -0.1) is 0 Å². The summed E-state index contributed by atoms with van der Waals surface area (Å²) in [5.41, 5.74) is 0.746. The molecule has 0 aliphatic rings. The van der Waals surface area contributed by atoms with Crippen molar-refractivity contribution in [3.05, 3.63) is 59.7 Å². The SMILES string of the molecule is CCCCNC(=O)[C@H](CC(C)C)NC(=O)[C@@H](NC(=O)c1ccc(Oc2ccc(C(=O)N[C@@H](CC(C)C)C(=O)NCCCN(CC)CC)cc2)cc1)[C@@H](C)CC. The van der Waals surface area contributed by atoms with Crippen LogP contribution in [0.25, 0.3) is 0 Å². The number of ether oxygens (including phenoxy) is 1. The zero-order chi connectivity index (χ0) is 40.9. The van der Waals surface area contributed by atoms with Gasteiger partial charge in [-0.1, -0.05) is 75.2 Å². The van der Waals surface area contributed by atoms with Crippen LogP contribution in [0.4, 0.5) is 0 Å². The van der Waals surface area contributed by atoms with Crippen LogP contribution < -0.4 is 31.3 Å². The zero-order valence-electron chi connectivity index (χ0n) is 34.8. The highest BCUT2D eigenvalue weighted by Crippen LogP contribution is 2.23. The number of benzene rings is 2. The summed E-state index contributed by atoms with van der Waals surface area (Å²) in [7, 11) is 0. The lowest BCUT2D eigenvalue weighted by Gasteiger charge is -2.27. The van der Waals surface area contributed by atoms with Crippen LogP contribution >= 0.6 is 0 Å². The summed E-state index contributed by atoms with van der Waals surface area (Å²) >= 11 is 0. The van der Waals surface area contributed by atoms with E-state index in [0.717, 1.165) is 38.9 Å². The monoisotopic (exact) mass is 765 g/mol. The first-order valence-corrected chi connectivity index (χ1v) is 20.3. The fourth-order valence-corrected chi connectivity index (χ4v) is 6.01. The van der Waals surface area contributed by atoms with Gasteiger partial charge in [0.05, 0.1) is 0 Å². The van der Waals surface area contributed by atoms with Gasteiger partial charge in [0, 0.05) is 24.2 Å². The number of nitrogens with zero attached hydrogens (tertiary/aromatic N) is 1. The Morgan fingerprint density at radius 1 is 0.600 bits per heavy atom. The predicted octanol–water partition coefficient (Wildman–Crippen LogP) is 6.06. The van der Waals surface area contributed by atoms with Gasteiger partial charge in [0.15, 0.2) is 0 Å². The molecule has 2 aromatic rings. The number of nitrogens with one attached hydrogen (secondary N) is 5. The fourth-order valence-electron chi connectivity index (χ4n) is 6.01. The van der Waals surface area contributed by atoms with Crippen molar-refractivity contribution < 1.29 is 28.7 Å². The molecule has 0 bridgehead atoms. The van der Waals surface area contributed by atoms with E-state index in [0.29, 0.717) is 55.0 Å². The normalized spacial score (nSPS) is 13.5. The molecular weight excluding hydrogens is 697 g/mol. The molecule has 0 radical (unpaired) electrons. The summed E-state index contributed by atoms with van der Waals surface area (Å²) in [6.07, 6.45) is 4.29. The van der Waals surface area contributed by atoms with Gasteiger partial charge in [-0.25, -0.2) is 0 Å². The van der Waals surface area contributed by atoms with Gasteiger partial charge >= 0.3 is 0 Å². The second-order valence-electron chi connectivity index (χ2n) is 15.1. The maximum Gasteiger partial charge on any atom is 0.251 e. The highest BCUT2D eigenvalue weighted by atomic mass is 16.5. The van der Waals surface area contributed by atoms with Crippen molar-refractivity contribution in [3.8, 4) is 11.5 Å². The lowest BCUT2D eigenvalue weighted by Crippen LogP contribution is -2.56. The molecule has 0 saturated heterocycles. The molecule has 306 valence electrons. The molecule has 2 aromatic carbocycles. The van der Waals surface area contributed by atoms with E-state index >= 15 is 0 Å². The van der Waals surface area contributed by atoms with Crippen molar-refractivity contribution in [2.75, 3.05) is 32.7 Å². The lowest BCUT2D eigenvalue weighted by atomic mass is 9.96. The quantitative estimate of drug-likeness (QED) is 0.0769. The minimum Gasteiger partial charge on any atom is -0.457 e. The second-order valence-corrected chi connectivity index (χ2v) is 15.1. The molecule has 0 aromatic heterocycles. The number of carbonyl (C=O) groups excluding carboxylic acids is 5. The Kier molecular flexibility index (Phi) is 21.1. The molecule has 0 saturated carbocycles. The summed E-state index contributed by atoms with van der Waals surface area (Å²) in [5, 5.41) is 14.6. The number of unbranched alkanes of at least 4 members (excludes halogenated alkanes) is 1. The highest BCUT2D eigenvalue weighted by Gasteiger charge is 2.30. The van der Waals surface area contributed by atoms with Gasteiger partial charge in [0.2, 0.25) is 17.7 Å². The van der Waals surface area contributed by atoms with Crippen molar-refractivity contribution in [2.45, 2.75) is 119 Å². The van der Waals surface area contributed by atoms with Crippen molar-refractivity contribution in [3.63, 3.8) is 0 Å². The van der Waals surface area contributed by atoms with Gasteiger partial charge < -0.3 is 36.2 Å². The number of hydrogen-bond acceptors (Lipinski definition) is 7. The Bertz CT molecular complexity index is 1480. The minimum atomic E-state index is -0.833. The van der Waals surface area contributed by atoms with E-state index in [1.54, 1.807) is 48.5 Å². The molecule has 0 fully saturated rings. The molecule has 0 heterocycles. The van der Waals surface area contributed by atoms with Crippen LogP contribution in [0.15, 0.2) is 48.5 Å². The summed E-state index contributed by atoms with van der Waals surface area (Å²) < 4.78 is 5.98. The summed E-state index contributed by atoms with van der Waals surface area (Å²) in [5.74, 6) is -0.377. The standard InChI is InChI=1S/C43H68N6O6/c1-10-14-24-44-42(53)37(28-30(7)8)47-43(54)38(31(9)11-2)48-40(51)33-18-22-35(23-19-33)55-34-20-16-32(17-21-34)39(50)46-36(27-29(5)6)41(52)45-25-15-26-49(12-3)13-4/h16-23,29-31,36-38H,10-15,24-28H2,1-9H3,(H,44,53)(H,45,52)(H,46,50)(H,47,54)(H,48,51)/t31-,36-,37-,38-/m0/s1. The van der Waals surface area contributed by atoms with Crippen LogP contribution in [0.2, 0.25) is 0 Å². The molecule has 0 aliphatic carbocycles. The molecule has 5 N–H and O–H groups in total. The maximum atomic E-state index is 13.5. The molecular formula is C43H68N6O6. The van der Waals surface area contributed by atoms with Crippen molar-refractivity contribution >= 4 is 29.5 Å².